The zero-order valence-corrected chi connectivity index (χ0v) is 17.0. The van der Waals surface area contributed by atoms with Crippen molar-refractivity contribution in [1.29, 1.82) is 0 Å². The zero-order valence-electron chi connectivity index (χ0n) is 17.0. The summed E-state index contributed by atoms with van der Waals surface area (Å²) in [4.78, 5) is 23.7. The molecule has 154 valence electrons. The molecule has 0 saturated carbocycles. The number of nitrogens with zero attached hydrogens (tertiary/aromatic N) is 2. The normalized spacial score (nSPS) is 16.1. The number of rotatable bonds is 11. The number of unbranched alkanes of at least 4 members (excludes halogenated alkanes) is 2. The van der Waals surface area contributed by atoms with Gasteiger partial charge in [0.2, 0.25) is 5.91 Å². The lowest BCUT2D eigenvalue weighted by molar-refractivity contribution is -0.136. The number of carbonyl (C=O) groups is 2. The van der Waals surface area contributed by atoms with Gasteiger partial charge in [-0.15, -0.1) is 0 Å². The van der Waals surface area contributed by atoms with Crippen LogP contribution >= 0.6 is 0 Å². The Morgan fingerprint density at radius 3 is 2.71 bits per heavy atom. The van der Waals surface area contributed by atoms with Crippen LogP contribution in [0, 0.1) is 0 Å². The van der Waals surface area contributed by atoms with Gasteiger partial charge in [-0.3, -0.25) is 9.80 Å². The third-order valence-corrected chi connectivity index (χ3v) is 4.99. The van der Waals surface area contributed by atoms with Gasteiger partial charge in [0.25, 0.3) is 0 Å². The lowest BCUT2D eigenvalue weighted by atomic mass is 10.1. The molecule has 1 aliphatic heterocycles. The molecule has 28 heavy (non-hydrogen) atoms. The van der Waals surface area contributed by atoms with Crippen molar-refractivity contribution in [1.82, 2.24) is 10.0 Å². The molecule has 0 aromatic heterocycles. The molecule has 1 amide bonds. The van der Waals surface area contributed by atoms with Crippen LogP contribution < -0.4 is 0 Å². The summed E-state index contributed by atoms with van der Waals surface area (Å²) in [5.41, 5.74) is 1.64. The second-order valence-electron chi connectivity index (χ2n) is 7.11. The number of aliphatic hydroxyl groups excluding tert-OH is 1. The molecule has 0 bridgehead atoms. The van der Waals surface area contributed by atoms with Gasteiger partial charge in [0.1, 0.15) is 0 Å². The van der Waals surface area contributed by atoms with Gasteiger partial charge in [0.05, 0.1) is 25.3 Å². The Morgan fingerprint density at radius 2 is 2.04 bits per heavy atom. The van der Waals surface area contributed by atoms with Crippen LogP contribution in [0.1, 0.15) is 54.9 Å². The van der Waals surface area contributed by atoms with E-state index in [4.69, 9.17) is 4.74 Å². The second-order valence-corrected chi connectivity index (χ2v) is 7.11. The van der Waals surface area contributed by atoms with Crippen molar-refractivity contribution in [2.45, 2.75) is 51.6 Å². The van der Waals surface area contributed by atoms with Gasteiger partial charge >= 0.3 is 5.97 Å². The van der Waals surface area contributed by atoms with Gasteiger partial charge in [-0.05, 0) is 30.5 Å². The number of methoxy groups -OCH3 is 1. The Bertz CT molecular complexity index is 657. The fourth-order valence-electron chi connectivity index (χ4n) is 3.28. The first-order valence-corrected chi connectivity index (χ1v) is 10.1. The van der Waals surface area contributed by atoms with Crippen molar-refractivity contribution < 1.29 is 19.4 Å². The summed E-state index contributed by atoms with van der Waals surface area (Å²) < 4.78 is 4.71. The second kappa shape index (κ2) is 11.6. The van der Waals surface area contributed by atoms with Gasteiger partial charge in [-0.25, -0.2) is 9.80 Å². The summed E-state index contributed by atoms with van der Waals surface area (Å²) in [5.74, 6) is -0.224. The van der Waals surface area contributed by atoms with E-state index in [2.05, 4.69) is 11.9 Å². The van der Waals surface area contributed by atoms with Crippen molar-refractivity contribution in [3.8, 4) is 0 Å². The molecule has 0 aliphatic carbocycles. The molecule has 1 aromatic rings. The van der Waals surface area contributed by atoms with Crippen LogP contribution in [-0.2, 0) is 16.0 Å². The lowest BCUT2D eigenvalue weighted by Crippen LogP contribution is -2.40. The maximum atomic E-state index is 12.2. The SMILES string of the molecule is CCCCC[C@H](O)C=CCN1C(=O)CCN1CCc1ccc(C(=O)OC)cc1. The molecule has 6 heteroatoms. The minimum atomic E-state index is -0.439. The highest BCUT2D eigenvalue weighted by atomic mass is 16.5. The predicted octanol–water partition coefficient (Wildman–Crippen LogP) is 2.96. The highest BCUT2D eigenvalue weighted by molar-refractivity contribution is 5.89. The molecule has 6 nitrogen and oxygen atoms in total. The standard InChI is InChI=1S/C22H32N2O4/c1-3-4-5-7-20(25)8-6-15-24-21(26)14-17-23(24)16-13-18-9-11-19(12-10-18)22(27)28-2/h6,8-12,20,25H,3-5,7,13-17H2,1-2H3/t20-/m0/s1. The van der Waals surface area contributed by atoms with Crippen LogP contribution in [0.2, 0.25) is 0 Å². The minimum absolute atomic E-state index is 0.117. The summed E-state index contributed by atoms with van der Waals surface area (Å²) in [6.07, 6.45) is 8.61. The first kappa shape index (κ1) is 22.1. The average Bonchev–Trinajstić information content (AvgIpc) is 3.06. The van der Waals surface area contributed by atoms with Crippen molar-refractivity contribution in [2.24, 2.45) is 0 Å². The quantitative estimate of drug-likeness (QED) is 0.359. The molecule has 1 saturated heterocycles. The summed E-state index contributed by atoms with van der Waals surface area (Å²) in [6.45, 7) is 4.08. The van der Waals surface area contributed by atoms with E-state index in [0.717, 1.165) is 44.2 Å². The Labute approximate surface area is 167 Å². The van der Waals surface area contributed by atoms with E-state index in [1.165, 1.54) is 7.11 Å². The predicted molar refractivity (Wildman–Crippen MR) is 109 cm³/mol. The highest BCUT2D eigenvalue weighted by Crippen LogP contribution is 2.14. The fourth-order valence-corrected chi connectivity index (χ4v) is 3.28. The molecule has 0 radical (unpaired) electrons. The van der Waals surface area contributed by atoms with Gasteiger partial charge < -0.3 is 9.84 Å². The smallest absolute Gasteiger partial charge is 0.337 e. The van der Waals surface area contributed by atoms with Crippen LogP contribution in [0.3, 0.4) is 0 Å². The molecule has 2 rings (SSSR count). The molecular formula is C22H32N2O4. The van der Waals surface area contributed by atoms with Crippen molar-refractivity contribution >= 4 is 11.9 Å². The Kier molecular flexibility index (Phi) is 9.17. The minimum Gasteiger partial charge on any atom is -0.465 e. The molecule has 1 heterocycles. The van der Waals surface area contributed by atoms with Gasteiger partial charge in [0.15, 0.2) is 0 Å². The van der Waals surface area contributed by atoms with Crippen LogP contribution in [0.4, 0.5) is 0 Å². The number of esters is 1. The summed E-state index contributed by atoms with van der Waals surface area (Å²) in [5, 5.41) is 13.8. The van der Waals surface area contributed by atoms with E-state index in [9.17, 15) is 14.7 Å². The Hall–Kier alpha value is -2.18. The van der Waals surface area contributed by atoms with Gasteiger partial charge in [-0.2, -0.15) is 0 Å². The van der Waals surface area contributed by atoms with Crippen LogP contribution in [0.15, 0.2) is 36.4 Å². The third-order valence-electron chi connectivity index (χ3n) is 4.99. The fraction of sp³-hybridized carbons (Fsp3) is 0.545. The van der Waals surface area contributed by atoms with E-state index in [1.54, 1.807) is 23.2 Å². The first-order chi connectivity index (χ1) is 13.5. The Morgan fingerprint density at radius 1 is 1.29 bits per heavy atom. The van der Waals surface area contributed by atoms with E-state index < -0.39 is 6.10 Å². The van der Waals surface area contributed by atoms with Crippen LogP contribution in [-0.4, -0.2) is 59.8 Å². The molecular weight excluding hydrogens is 356 g/mol. The number of carbonyl (C=O) groups excluding carboxylic acids is 2. The van der Waals surface area contributed by atoms with Crippen LogP contribution in [0.5, 0.6) is 0 Å². The molecule has 1 atom stereocenters. The van der Waals surface area contributed by atoms with E-state index in [-0.39, 0.29) is 11.9 Å². The number of ether oxygens (including phenoxy) is 1. The largest absolute Gasteiger partial charge is 0.465 e. The maximum Gasteiger partial charge on any atom is 0.337 e. The lowest BCUT2D eigenvalue weighted by Gasteiger charge is -2.27. The molecule has 1 fully saturated rings. The van der Waals surface area contributed by atoms with Crippen molar-refractivity contribution in [3.05, 3.63) is 47.5 Å². The third kappa shape index (κ3) is 6.77. The van der Waals surface area contributed by atoms with Gasteiger partial charge in [-0.1, -0.05) is 50.5 Å². The highest BCUT2D eigenvalue weighted by Gasteiger charge is 2.27. The van der Waals surface area contributed by atoms with Crippen LogP contribution in [0.25, 0.3) is 0 Å². The van der Waals surface area contributed by atoms with E-state index in [1.807, 2.05) is 18.2 Å². The van der Waals surface area contributed by atoms with E-state index >= 15 is 0 Å². The first-order valence-electron chi connectivity index (χ1n) is 10.1. The van der Waals surface area contributed by atoms with Crippen molar-refractivity contribution in [2.75, 3.05) is 26.7 Å². The number of amides is 1. The summed E-state index contributed by atoms with van der Waals surface area (Å²) in [7, 11) is 1.37. The number of hydrazine groups is 1. The Balaban J connectivity index is 1.82. The summed E-state index contributed by atoms with van der Waals surface area (Å²) >= 11 is 0. The maximum absolute atomic E-state index is 12.2. The molecule has 0 spiro atoms. The zero-order chi connectivity index (χ0) is 20.4. The number of hydrogen-bond acceptors (Lipinski definition) is 5. The number of hydrogen-bond donors (Lipinski definition) is 1. The van der Waals surface area contributed by atoms with Gasteiger partial charge in [0, 0.05) is 19.5 Å². The molecule has 0 unspecified atom stereocenters. The monoisotopic (exact) mass is 388 g/mol. The number of aliphatic hydroxyl groups is 1. The van der Waals surface area contributed by atoms with Crippen molar-refractivity contribution in [3.63, 3.8) is 0 Å². The molecule has 1 N–H and O–H groups in total. The van der Waals surface area contributed by atoms with E-state index in [0.29, 0.717) is 25.1 Å². The number of benzene rings is 1. The summed E-state index contributed by atoms with van der Waals surface area (Å²) in [6, 6.07) is 7.36. The topological polar surface area (TPSA) is 70.1 Å². The molecule has 1 aromatic carbocycles. The molecule has 1 aliphatic rings. The average molecular weight is 389 g/mol.